The van der Waals surface area contributed by atoms with E-state index in [4.69, 9.17) is 4.74 Å². The Labute approximate surface area is 140 Å². The van der Waals surface area contributed by atoms with Crippen LogP contribution in [0.5, 0.6) is 5.75 Å². The SMILES string of the molecule is CCOC(=O)C(C)/C(C)=N\NC(=O)c1cc2ccccc2cc1O. The molecule has 0 aliphatic heterocycles. The van der Waals surface area contributed by atoms with Crippen LogP contribution in [0.15, 0.2) is 41.5 Å². The number of carbonyl (C=O) groups excluding carboxylic acids is 2. The second-order valence-corrected chi connectivity index (χ2v) is 5.38. The van der Waals surface area contributed by atoms with Crippen LogP contribution in [0.2, 0.25) is 0 Å². The fourth-order valence-corrected chi connectivity index (χ4v) is 2.14. The molecule has 2 N–H and O–H groups in total. The van der Waals surface area contributed by atoms with Crippen LogP contribution in [0, 0.1) is 5.92 Å². The van der Waals surface area contributed by atoms with E-state index in [0.29, 0.717) is 5.71 Å². The Morgan fingerprint density at radius 3 is 2.50 bits per heavy atom. The van der Waals surface area contributed by atoms with Gasteiger partial charge in [0.15, 0.2) is 0 Å². The van der Waals surface area contributed by atoms with Gasteiger partial charge in [-0.15, -0.1) is 0 Å². The quantitative estimate of drug-likeness (QED) is 0.502. The molecule has 2 aromatic carbocycles. The number of rotatable bonds is 5. The number of nitrogens with one attached hydrogen (secondary N) is 1. The summed E-state index contributed by atoms with van der Waals surface area (Å²) in [6.07, 6.45) is 0. The van der Waals surface area contributed by atoms with Crippen LogP contribution >= 0.6 is 0 Å². The summed E-state index contributed by atoms with van der Waals surface area (Å²) >= 11 is 0. The van der Waals surface area contributed by atoms with Crippen LogP contribution in [-0.4, -0.2) is 29.3 Å². The number of benzene rings is 2. The largest absolute Gasteiger partial charge is 0.507 e. The number of hydrogen-bond donors (Lipinski definition) is 2. The lowest BCUT2D eigenvalue weighted by molar-refractivity contribution is -0.145. The number of hydrazone groups is 1. The zero-order chi connectivity index (χ0) is 17.7. The topological polar surface area (TPSA) is 88.0 Å². The summed E-state index contributed by atoms with van der Waals surface area (Å²) in [4.78, 5) is 23.9. The van der Waals surface area contributed by atoms with Gasteiger partial charge in [0.25, 0.3) is 5.91 Å². The van der Waals surface area contributed by atoms with Crippen molar-refractivity contribution in [2.75, 3.05) is 6.61 Å². The maximum atomic E-state index is 12.2. The predicted octanol–water partition coefficient (Wildman–Crippen LogP) is 2.85. The molecule has 0 saturated carbocycles. The standard InChI is InChI=1S/C18H20N2O4/c1-4-24-18(23)11(2)12(3)19-20-17(22)15-9-13-7-5-6-8-14(13)10-16(15)21/h5-11,21H,4H2,1-3H3,(H,20,22)/b19-12-. The third kappa shape index (κ3) is 3.90. The lowest BCUT2D eigenvalue weighted by Crippen LogP contribution is -2.26. The van der Waals surface area contributed by atoms with Gasteiger partial charge in [0.1, 0.15) is 5.75 Å². The van der Waals surface area contributed by atoms with E-state index < -0.39 is 17.8 Å². The van der Waals surface area contributed by atoms with E-state index in [1.165, 1.54) is 6.07 Å². The molecule has 1 unspecified atom stereocenters. The minimum Gasteiger partial charge on any atom is -0.507 e. The van der Waals surface area contributed by atoms with E-state index in [1.807, 2.05) is 24.3 Å². The molecule has 0 aliphatic rings. The Morgan fingerprint density at radius 2 is 1.88 bits per heavy atom. The number of phenols is 1. The summed E-state index contributed by atoms with van der Waals surface area (Å²) in [5.41, 5.74) is 2.90. The van der Waals surface area contributed by atoms with E-state index in [-0.39, 0.29) is 17.9 Å². The van der Waals surface area contributed by atoms with Crippen molar-refractivity contribution in [3.8, 4) is 5.75 Å². The van der Waals surface area contributed by atoms with E-state index >= 15 is 0 Å². The molecule has 0 saturated heterocycles. The molecule has 0 aliphatic carbocycles. The van der Waals surface area contributed by atoms with Crippen LogP contribution in [0.1, 0.15) is 31.1 Å². The lowest BCUT2D eigenvalue weighted by Gasteiger charge is -2.10. The normalized spacial score (nSPS) is 12.7. The molecule has 0 fully saturated rings. The van der Waals surface area contributed by atoms with Gasteiger partial charge >= 0.3 is 5.97 Å². The molecular weight excluding hydrogens is 308 g/mol. The number of phenolic OH excluding ortho intramolecular Hbond substituents is 1. The average molecular weight is 328 g/mol. The van der Waals surface area contributed by atoms with Crippen LogP contribution in [0.4, 0.5) is 0 Å². The minimum absolute atomic E-state index is 0.119. The predicted molar refractivity (Wildman–Crippen MR) is 92.0 cm³/mol. The smallest absolute Gasteiger partial charge is 0.314 e. The third-order valence-corrected chi connectivity index (χ3v) is 3.71. The summed E-state index contributed by atoms with van der Waals surface area (Å²) in [6.45, 7) is 5.29. The number of ether oxygens (including phenoxy) is 1. The highest BCUT2D eigenvalue weighted by atomic mass is 16.5. The van der Waals surface area contributed by atoms with Crippen LogP contribution in [0.25, 0.3) is 10.8 Å². The zero-order valence-corrected chi connectivity index (χ0v) is 13.9. The molecule has 6 nitrogen and oxygen atoms in total. The fourth-order valence-electron chi connectivity index (χ4n) is 2.14. The van der Waals surface area contributed by atoms with Gasteiger partial charge < -0.3 is 9.84 Å². The second kappa shape index (κ2) is 7.59. The monoisotopic (exact) mass is 328 g/mol. The van der Waals surface area contributed by atoms with E-state index in [9.17, 15) is 14.7 Å². The molecule has 6 heteroatoms. The van der Waals surface area contributed by atoms with E-state index in [2.05, 4.69) is 10.5 Å². The number of fused-ring (bicyclic) bond motifs is 1. The Hall–Kier alpha value is -2.89. The highest BCUT2D eigenvalue weighted by Crippen LogP contribution is 2.24. The van der Waals surface area contributed by atoms with E-state index in [0.717, 1.165) is 10.8 Å². The minimum atomic E-state index is -0.560. The average Bonchev–Trinajstić information content (AvgIpc) is 2.58. The first-order chi connectivity index (χ1) is 11.4. The van der Waals surface area contributed by atoms with Crippen molar-refractivity contribution in [1.82, 2.24) is 5.43 Å². The van der Waals surface area contributed by atoms with Gasteiger partial charge in [-0.1, -0.05) is 24.3 Å². The first kappa shape index (κ1) is 17.5. The molecule has 0 aromatic heterocycles. The molecule has 24 heavy (non-hydrogen) atoms. The Balaban J connectivity index is 2.16. The molecule has 2 rings (SSSR count). The molecule has 0 radical (unpaired) electrons. The van der Waals surface area contributed by atoms with E-state index in [1.54, 1.807) is 26.8 Å². The van der Waals surface area contributed by atoms with Crippen molar-refractivity contribution in [1.29, 1.82) is 0 Å². The fraction of sp³-hybridized carbons (Fsp3) is 0.278. The molecular formula is C18H20N2O4. The first-order valence-electron chi connectivity index (χ1n) is 7.67. The number of hydrogen-bond acceptors (Lipinski definition) is 5. The molecule has 126 valence electrons. The zero-order valence-electron chi connectivity index (χ0n) is 13.9. The van der Waals surface area contributed by atoms with Crippen molar-refractivity contribution in [2.45, 2.75) is 20.8 Å². The van der Waals surface area contributed by atoms with Crippen molar-refractivity contribution < 1.29 is 19.4 Å². The molecule has 0 spiro atoms. The van der Waals surface area contributed by atoms with Gasteiger partial charge in [-0.2, -0.15) is 5.10 Å². The lowest BCUT2D eigenvalue weighted by atomic mass is 10.1. The number of esters is 1. The Bertz CT molecular complexity index is 799. The van der Waals surface area contributed by atoms with Crippen molar-refractivity contribution >= 4 is 28.4 Å². The molecule has 2 aromatic rings. The number of aromatic hydroxyl groups is 1. The first-order valence-corrected chi connectivity index (χ1v) is 7.67. The van der Waals surface area contributed by atoms with Crippen LogP contribution < -0.4 is 5.43 Å². The molecule has 0 bridgehead atoms. The van der Waals surface area contributed by atoms with Gasteiger partial charge in [-0.25, -0.2) is 5.43 Å². The third-order valence-electron chi connectivity index (χ3n) is 3.71. The summed E-state index contributed by atoms with van der Waals surface area (Å²) in [7, 11) is 0. The second-order valence-electron chi connectivity index (χ2n) is 5.38. The van der Waals surface area contributed by atoms with Crippen LogP contribution in [0.3, 0.4) is 0 Å². The van der Waals surface area contributed by atoms with Gasteiger partial charge in [0, 0.05) is 5.71 Å². The number of amides is 1. The summed E-state index contributed by atoms with van der Waals surface area (Å²) in [6, 6.07) is 10.5. The summed E-state index contributed by atoms with van der Waals surface area (Å²) < 4.78 is 4.91. The highest BCUT2D eigenvalue weighted by molar-refractivity contribution is 6.04. The number of nitrogens with zero attached hydrogens (tertiary/aromatic N) is 1. The van der Waals surface area contributed by atoms with Crippen molar-refractivity contribution in [3.05, 3.63) is 42.0 Å². The van der Waals surface area contributed by atoms with Gasteiger partial charge in [-0.05, 0) is 43.7 Å². The maximum absolute atomic E-state index is 12.2. The molecule has 1 amide bonds. The van der Waals surface area contributed by atoms with Gasteiger partial charge in [-0.3, -0.25) is 9.59 Å². The van der Waals surface area contributed by atoms with Crippen molar-refractivity contribution in [2.24, 2.45) is 11.0 Å². The highest BCUT2D eigenvalue weighted by Gasteiger charge is 2.18. The summed E-state index contributed by atoms with van der Waals surface area (Å²) in [5, 5.41) is 15.6. The number of carbonyl (C=O) groups is 2. The van der Waals surface area contributed by atoms with Gasteiger partial charge in [0.2, 0.25) is 0 Å². The van der Waals surface area contributed by atoms with Gasteiger partial charge in [0.05, 0.1) is 18.1 Å². The maximum Gasteiger partial charge on any atom is 0.314 e. The van der Waals surface area contributed by atoms with Crippen LogP contribution in [-0.2, 0) is 9.53 Å². The van der Waals surface area contributed by atoms with Crippen molar-refractivity contribution in [3.63, 3.8) is 0 Å². The molecule has 0 heterocycles. The Kier molecular flexibility index (Phi) is 5.52. The summed E-state index contributed by atoms with van der Waals surface area (Å²) in [5.74, 6) is -1.64. The Morgan fingerprint density at radius 1 is 1.25 bits per heavy atom. The molecule has 1 atom stereocenters.